The fraction of sp³-hybridized carbons (Fsp3) is 0.474. The zero-order chi connectivity index (χ0) is 16.5. The van der Waals surface area contributed by atoms with Crippen LogP contribution < -0.4 is 0 Å². The number of hydrogen-bond donors (Lipinski definition) is 0. The summed E-state index contributed by atoms with van der Waals surface area (Å²) in [7, 11) is 0. The number of carbonyl (C=O) groups excluding carboxylic acids is 1. The predicted octanol–water partition coefficient (Wildman–Crippen LogP) is 3.26. The fourth-order valence-corrected chi connectivity index (χ4v) is 3.86. The van der Waals surface area contributed by atoms with Crippen LogP contribution in [0.1, 0.15) is 31.5 Å². The summed E-state index contributed by atoms with van der Waals surface area (Å²) in [6.07, 6.45) is 7.01. The summed E-state index contributed by atoms with van der Waals surface area (Å²) in [4.78, 5) is 19.4. The number of piperidine rings is 1. The minimum atomic E-state index is -0.240. The number of benzene rings is 1. The van der Waals surface area contributed by atoms with Gasteiger partial charge in [0.1, 0.15) is 11.6 Å². The van der Waals surface area contributed by atoms with Crippen LogP contribution in [0.3, 0.4) is 0 Å². The van der Waals surface area contributed by atoms with Crippen molar-refractivity contribution in [3.8, 4) is 11.3 Å². The standard InChI is InChI=1S/C19H22FN3O/c20-16-7-4-14(5-8-16)17-12-21-18-9-6-15(13-23(17)18)19(24)22-10-2-1-3-11-22/h4-5,7-8,12,15H,1-3,6,9-11,13H2. The van der Waals surface area contributed by atoms with Crippen LogP contribution in [0.25, 0.3) is 11.3 Å². The van der Waals surface area contributed by atoms with Crippen LogP contribution in [-0.2, 0) is 17.8 Å². The van der Waals surface area contributed by atoms with E-state index in [4.69, 9.17) is 0 Å². The maximum absolute atomic E-state index is 13.2. The molecule has 2 aliphatic rings. The van der Waals surface area contributed by atoms with Gasteiger partial charge >= 0.3 is 0 Å². The van der Waals surface area contributed by atoms with Gasteiger partial charge in [-0.2, -0.15) is 0 Å². The van der Waals surface area contributed by atoms with Crippen molar-refractivity contribution < 1.29 is 9.18 Å². The van der Waals surface area contributed by atoms with Gasteiger partial charge in [0.2, 0.25) is 5.91 Å². The molecule has 24 heavy (non-hydrogen) atoms. The van der Waals surface area contributed by atoms with E-state index < -0.39 is 0 Å². The molecule has 2 aromatic rings. The van der Waals surface area contributed by atoms with Gasteiger partial charge in [0.05, 0.1) is 17.8 Å². The van der Waals surface area contributed by atoms with E-state index in [0.717, 1.165) is 55.9 Å². The van der Waals surface area contributed by atoms with E-state index in [1.54, 1.807) is 12.1 Å². The van der Waals surface area contributed by atoms with Gasteiger partial charge in [0.25, 0.3) is 0 Å². The summed E-state index contributed by atoms with van der Waals surface area (Å²) in [6, 6.07) is 6.48. The minimum absolute atomic E-state index is 0.0315. The lowest BCUT2D eigenvalue weighted by molar-refractivity contribution is -0.137. The average Bonchev–Trinajstić information content (AvgIpc) is 3.05. The van der Waals surface area contributed by atoms with E-state index in [2.05, 4.69) is 9.55 Å². The molecule has 0 spiro atoms. The Hall–Kier alpha value is -2.17. The zero-order valence-corrected chi connectivity index (χ0v) is 13.7. The third-order valence-electron chi connectivity index (χ3n) is 5.21. The largest absolute Gasteiger partial charge is 0.342 e. The van der Waals surface area contributed by atoms with Crippen LogP contribution in [0.5, 0.6) is 0 Å². The first-order valence-electron chi connectivity index (χ1n) is 8.81. The highest BCUT2D eigenvalue weighted by atomic mass is 19.1. The summed E-state index contributed by atoms with van der Waals surface area (Å²) in [5, 5.41) is 0. The molecular formula is C19H22FN3O. The Morgan fingerprint density at radius 1 is 1.12 bits per heavy atom. The van der Waals surface area contributed by atoms with E-state index in [9.17, 15) is 9.18 Å². The van der Waals surface area contributed by atoms with E-state index in [0.29, 0.717) is 12.5 Å². The van der Waals surface area contributed by atoms with Crippen molar-refractivity contribution in [3.05, 3.63) is 42.1 Å². The molecule has 5 heteroatoms. The number of likely N-dealkylation sites (tertiary alicyclic amines) is 1. The van der Waals surface area contributed by atoms with Crippen molar-refractivity contribution in [2.75, 3.05) is 13.1 Å². The van der Waals surface area contributed by atoms with Crippen LogP contribution in [0.15, 0.2) is 30.5 Å². The minimum Gasteiger partial charge on any atom is -0.342 e. The van der Waals surface area contributed by atoms with Crippen molar-refractivity contribution in [2.24, 2.45) is 5.92 Å². The predicted molar refractivity (Wildman–Crippen MR) is 89.9 cm³/mol. The molecule has 0 radical (unpaired) electrons. The maximum atomic E-state index is 13.2. The van der Waals surface area contributed by atoms with Crippen LogP contribution >= 0.6 is 0 Å². The van der Waals surface area contributed by atoms with Crippen molar-refractivity contribution in [1.29, 1.82) is 0 Å². The number of imidazole rings is 1. The SMILES string of the molecule is O=C(C1CCc2ncc(-c3ccc(F)cc3)n2C1)N1CCCCC1. The van der Waals surface area contributed by atoms with Gasteiger partial charge in [-0.3, -0.25) is 4.79 Å². The Kier molecular flexibility index (Phi) is 4.08. The zero-order valence-electron chi connectivity index (χ0n) is 13.7. The number of carbonyl (C=O) groups is 1. The molecule has 0 bridgehead atoms. The molecule has 1 atom stereocenters. The first-order chi connectivity index (χ1) is 11.7. The number of nitrogens with zero attached hydrogens (tertiary/aromatic N) is 3. The maximum Gasteiger partial charge on any atom is 0.227 e. The fourth-order valence-electron chi connectivity index (χ4n) is 3.86. The summed E-state index contributed by atoms with van der Waals surface area (Å²) < 4.78 is 15.3. The van der Waals surface area contributed by atoms with Crippen LogP contribution in [0.4, 0.5) is 4.39 Å². The summed E-state index contributed by atoms with van der Waals surface area (Å²) in [6.45, 7) is 2.48. The second kappa shape index (κ2) is 6.38. The molecule has 1 unspecified atom stereocenters. The number of amides is 1. The second-order valence-corrected chi connectivity index (χ2v) is 6.80. The molecule has 3 heterocycles. The molecule has 0 aliphatic carbocycles. The normalized spacial score (nSPS) is 20.7. The molecule has 0 N–H and O–H groups in total. The Morgan fingerprint density at radius 3 is 2.62 bits per heavy atom. The van der Waals surface area contributed by atoms with Crippen molar-refractivity contribution in [1.82, 2.24) is 14.5 Å². The summed E-state index contributed by atoms with van der Waals surface area (Å²) >= 11 is 0. The Balaban J connectivity index is 1.56. The average molecular weight is 327 g/mol. The molecule has 126 valence electrons. The number of aromatic nitrogens is 2. The van der Waals surface area contributed by atoms with Crippen LogP contribution in [0, 0.1) is 11.7 Å². The van der Waals surface area contributed by atoms with Crippen molar-refractivity contribution >= 4 is 5.91 Å². The van der Waals surface area contributed by atoms with Crippen molar-refractivity contribution in [3.63, 3.8) is 0 Å². The monoisotopic (exact) mass is 327 g/mol. The Labute approximate surface area is 141 Å². The molecule has 1 aromatic carbocycles. The molecule has 1 amide bonds. The summed E-state index contributed by atoms with van der Waals surface area (Å²) in [5.74, 6) is 1.11. The quantitative estimate of drug-likeness (QED) is 0.849. The van der Waals surface area contributed by atoms with Gasteiger partial charge in [0, 0.05) is 26.1 Å². The lowest BCUT2D eigenvalue weighted by Gasteiger charge is -2.32. The number of aryl methyl sites for hydroxylation is 1. The molecular weight excluding hydrogens is 305 g/mol. The molecule has 2 aliphatic heterocycles. The van der Waals surface area contributed by atoms with Gasteiger partial charge < -0.3 is 9.47 Å². The molecule has 1 saturated heterocycles. The highest BCUT2D eigenvalue weighted by Crippen LogP contribution is 2.29. The lowest BCUT2D eigenvalue weighted by Crippen LogP contribution is -2.42. The second-order valence-electron chi connectivity index (χ2n) is 6.80. The van der Waals surface area contributed by atoms with Crippen molar-refractivity contribution in [2.45, 2.75) is 38.6 Å². The first kappa shape index (κ1) is 15.4. The van der Waals surface area contributed by atoms with E-state index in [1.807, 2.05) is 11.1 Å². The van der Waals surface area contributed by atoms with E-state index in [1.165, 1.54) is 18.6 Å². The van der Waals surface area contributed by atoms with Gasteiger partial charge in [-0.15, -0.1) is 0 Å². The number of fused-ring (bicyclic) bond motifs is 1. The lowest BCUT2D eigenvalue weighted by atomic mass is 9.96. The Morgan fingerprint density at radius 2 is 1.88 bits per heavy atom. The van der Waals surface area contributed by atoms with Gasteiger partial charge in [-0.25, -0.2) is 9.37 Å². The van der Waals surface area contributed by atoms with Gasteiger partial charge in [0.15, 0.2) is 0 Å². The molecule has 0 saturated carbocycles. The van der Waals surface area contributed by atoms with E-state index >= 15 is 0 Å². The molecule has 4 nitrogen and oxygen atoms in total. The molecule has 1 aromatic heterocycles. The number of hydrogen-bond acceptors (Lipinski definition) is 2. The smallest absolute Gasteiger partial charge is 0.227 e. The summed E-state index contributed by atoms with van der Waals surface area (Å²) in [5.41, 5.74) is 1.92. The molecule has 4 rings (SSSR count). The number of halogens is 1. The Bertz CT molecular complexity index is 732. The number of rotatable bonds is 2. The highest BCUT2D eigenvalue weighted by Gasteiger charge is 2.30. The topological polar surface area (TPSA) is 38.1 Å². The van der Waals surface area contributed by atoms with Crippen LogP contribution in [-0.4, -0.2) is 33.4 Å². The third kappa shape index (κ3) is 2.83. The van der Waals surface area contributed by atoms with Gasteiger partial charge in [-0.1, -0.05) is 0 Å². The molecule has 1 fully saturated rings. The first-order valence-corrected chi connectivity index (χ1v) is 8.81. The highest BCUT2D eigenvalue weighted by molar-refractivity contribution is 5.79. The van der Waals surface area contributed by atoms with Crippen LogP contribution in [0.2, 0.25) is 0 Å². The van der Waals surface area contributed by atoms with Gasteiger partial charge in [-0.05, 0) is 55.5 Å². The van der Waals surface area contributed by atoms with E-state index in [-0.39, 0.29) is 11.7 Å². The third-order valence-corrected chi connectivity index (χ3v) is 5.21.